The summed E-state index contributed by atoms with van der Waals surface area (Å²) in [5.74, 6) is -1.07. The maximum absolute atomic E-state index is 12.8. The van der Waals surface area contributed by atoms with Crippen LogP contribution in [-0.4, -0.2) is 86.4 Å². The van der Waals surface area contributed by atoms with E-state index in [1.165, 1.54) is 4.90 Å². The zero-order valence-corrected chi connectivity index (χ0v) is 20.0. The Hall–Kier alpha value is -2.16. The summed E-state index contributed by atoms with van der Waals surface area (Å²) in [5.41, 5.74) is 0. The van der Waals surface area contributed by atoms with Crippen molar-refractivity contribution in [3.05, 3.63) is 0 Å². The lowest BCUT2D eigenvalue weighted by molar-refractivity contribution is -0.155. The highest BCUT2D eigenvalue weighted by atomic mass is 16.5. The van der Waals surface area contributed by atoms with Gasteiger partial charge >= 0.3 is 5.97 Å². The molecule has 9 nitrogen and oxygen atoms in total. The molecular weight excluding hydrogens is 412 g/mol. The van der Waals surface area contributed by atoms with Gasteiger partial charge in [0.1, 0.15) is 0 Å². The van der Waals surface area contributed by atoms with Gasteiger partial charge in [-0.25, -0.2) is 0 Å². The molecule has 2 N–H and O–H groups in total. The van der Waals surface area contributed by atoms with Crippen LogP contribution < -0.4 is 10.6 Å². The molecule has 2 heterocycles. The number of esters is 1. The molecule has 32 heavy (non-hydrogen) atoms. The van der Waals surface area contributed by atoms with Crippen LogP contribution in [0.3, 0.4) is 0 Å². The topological polar surface area (TPSA) is 108 Å². The summed E-state index contributed by atoms with van der Waals surface area (Å²) in [6, 6.07) is -0.435. The van der Waals surface area contributed by atoms with Gasteiger partial charge in [0.25, 0.3) is 5.91 Å². The Bertz CT molecular complexity index is 663. The highest BCUT2D eigenvalue weighted by Gasteiger charge is 2.31. The minimum absolute atomic E-state index is 0.136. The summed E-state index contributed by atoms with van der Waals surface area (Å²) in [7, 11) is 3.18. The number of hydrogen-bond donors (Lipinski definition) is 2. The van der Waals surface area contributed by atoms with E-state index in [1.807, 2.05) is 4.90 Å². The van der Waals surface area contributed by atoms with Crippen molar-refractivity contribution in [3.8, 4) is 0 Å². The monoisotopic (exact) mass is 452 g/mol. The average molecular weight is 453 g/mol. The van der Waals surface area contributed by atoms with Crippen molar-refractivity contribution < 1.29 is 23.9 Å². The van der Waals surface area contributed by atoms with E-state index in [0.717, 1.165) is 45.2 Å². The van der Waals surface area contributed by atoms with Gasteiger partial charge in [-0.05, 0) is 65.0 Å². The minimum Gasteiger partial charge on any atom is -0.455 e. The van der Waals surface area contributed by atoms with Crippen molar-refractivity contribution >= 4 is 23.7 Å². The lowest BCUT2D eigenvalue weighted by Gasteiger charge is -2.33. The Kier molecular flexibility index (Phi) is 10.4. The van der Waals surface area contributed by atoms with E-state index >= 15 is 0 Å². The van der Waals surface area contributed by atoms with E-state index in [-0.39, 0.29) is 30.2 Å². The Balaban J connectivity index is 1.77. The number of amides is 3. The molecule has 3 amide bonds. The predicted octanol–water partition coefficient (Wildman–Crippen LogP) is 0.777. The third-order valence-electron chi connectivity index (χ3n) is 6.70. The van der Waals surface area contributed by atoms with Crippen molar-refractivity contribution in [3.63, 3.8) is 0 Å². The molecule has 0 radical (unpaired) electrons. The van der Waals surface area contributed by atoms with Crippen LogP contribution >= 0.6 is 0 Å². The second-order valence-electron chi connectivity index (χ2n) is 9.39. The maximum atomic E-state index is 12.8. The summed E-state index contributed by atoms with van der Waals surface area (Å²) < 4.78 is 5.06. The number of likely N-dealkylation sites (N-methyl/N-ethyl adjacent to an activating group) is 1. The first-order valence-corrected chi connectivity index (χ1v) is 11.8. The number of hydrogen-bond acceptors (Lipinski definition) is 6. The molecule has 0 aromatic heterocycles. The average Bonchev–Trinajstić information content (AvgIpc) is 2.80. The molecule has 2 aliphatic heterocycles. The Morgan fingerprint density at radius 1 is 1.12 bits per heavy atom. The van der Waals surface area contributed by atoms with Gasteiger partial charge in [-0.1, -0.05) is 0 Å². The Morgan fingerprint density at radius 2 is 1.81 bits per heavy atom. The first-order chi connectivity index (χ1) is 15.2. The zero-order chi connectivity index (χ0) is 23.7. The third kappa shape index (κ3) is 8.07. The number of likely N-dealkylation sites (tertiary alicyclic amines) is 1. The molecule has 0 spiro atoms. The van der Waals surface area contributed by atoms with Crippen molar-refractivity contribution in [2.75, 3.05) is 46.9 Å². The fourth-order valence-corrected chi connectivity index (χ4v) is 4.14. The fraction of sp³-hybridized carbons (Fsp3) is 0.826. The quantitative estimate of drug-likeness (QED) is 0.501. The third-order valence-corrected chi connectivity index (χ3v) is 6.70. The van der Waals surface area contributed by atoms with Crippen molar-refractivity contribution in [1.82, 2.24) is 20.4 Å². The maximum Gasteiger partial charge on any atom is 0.311 e. The van der Waals surface area contributed by atoms with Gasteiger partial charge < -0.3 is 25.2 Å². The number of ether oxygens (including phenoxy) is 1. The number of carbonyl (C=O) groups excluding carboxylic acids is 4. The molecule has 2 aliphatic rings. The van der Waals surface area contributed by atoms with Crippen LogP contribution in [0.25, 0.3) is 0 Å². The molecule has 3 atom stereocenters. The van der Waals surface area contributed by atoms with Crippen molar-refractivity contribution in [2.24, 2.45) is 17.8 Å². The molecule has 0 saturated carbocycles. The number of nitrogens with zero attached hydrogens (tertiary/aromatic N) is 2. The smallest absolute Gasteiger partial charge is 0.311 e. The van der Waals surface area contributed by atoms with Crippen LogP contribution in [0, 0.1) is 17.8 Å². The van der Waals surface area contributed by atoms with Crippen LogP contribution in [-0.2, 0) is 23.9 Å². The lowest BCUT2D eigenvalue weighted by Crippen LogP contribution is -2.49. The standard InChI is InChI=1S/C23H40N4O5/c1-16(23(31)32-15-21(29)26(3)4)17(2)25-22(30)19-6-5-13-27(14-19)20(28)8-7-18-9-11-24-12-10-18/h16-19,24H,5-15H2,1-4H3,(H,25,30)/t16-,17+,19+/m0/s1. The molecule has 2 saturated heterocycles. The van der Waals surface area contributed by atoms with E-state index in [4.69, 9.17) is 4.74 Å². The van der Waals surface area contributed by atoms with Crippen LogP contribution in [0.4, 0.5) is 0 Å². The molecule has 2 fully saturated rings. The van der Waals surface area contributed by atoms with Crippen molar-refractivity contribution in [1.29, 1.82) is 0 Å². The van der Waals surface area contributed by atoms with Gasteiger partial charge in [0.15, 0.2) is 6.61 Å². The molecular formula is C23H40N4O5. The van der Waals surface area contributed by atoms with Gasteiger partial charge in [-0.3, -0.25) is 19.2 Å². The van der Waals surface area contributed by atoms with Gasteiger partial charge in [0.05, 0.1) is 11.8 Å². The largest absolute Gasteiger partial charge is 0.455 e. The fourth-order valence-electron chi connectivity index (χ4n) is 4.14. The van der Waals surface area contributed by atoms with E-state index in [9.17, 15) is 19.2 Å². The summed E-state index contributed by atoms with van der Waals surface area (Å²) >= 11 is 0. The SMILES string of the molecule is C[C@H](C(=O)OCC(=O)N(C)C)[C@@H](C)NC(=O)[C@@H]1CCCN(C(=O)CCC2CCNCC2)C1. The number of rotatable bonds is 9. The van der Waals surface area contributed by atoms with E-state index in [0.29, 0.717) is 25.4 Å². The van der Waals surface area contributed by atoms with E-state index in [1.54, 1.807) is 27.9 Å². The first-order valence-electron chi connectivity index (χ1n) is 11.8. The van der Waals surface area contributed by atoms with Crippen LogP contribution in [0.15, 0.2) is 0 Å². The number of nitrogens with one attached hydrogen (secondary N) is 2. The Labute approximate surface area is 191 Å². The Morgan fingerprint density at radius 3 is 2.47 bits per heavy atom. The molecule has 0 unspecified atom stereocenters. The second kappa shape index (κ2) is 12.8. The van der Waals surface area contributed by atoms with Gasteiger partial charge in [0.2, 0.25) is 11.8 Å². The highest BCUT2D eigenvalue weighted by molar-refractivity contribution is 5.83. The second-order valence-corrected chi connectivity index (χ2v) is 9.39. The lowest BCUT2D eigenvalue weighted by atomic mass is 9.92. The summed E-state index contributed by atoms with van der Waals surface area (Å²) in [6.45, 7) is 6.30. The minimum atomic E-state index is -0.583. The molecule has 0 bridgehead atoms. The van der Waals surface area contributed by atoms with Crippen LogP contribution in [0.5, 0.6) is 0 Å². The molecule has 0 aromatic rings. The predicted molar refractivity (Wildman–Crippen MR) is 121 cm³/mol. The van der Waals surface area contributed by atoms with Gasteiger partial charge in [-0.2, -0.15) is 0 Å². The zero-order valence-electron chi connectivity index (χ0n) is 20.0. The number of carbonyl (C=O) groups is 4. The van der Waals surface area contributed by atoms with Crippen LogP contribution in [0.2, 0.25) is 0 Å². The first kappa shape index (κ1) is 26.1. The molecule has 0 aromatic carbocycles. The molecule has 2 rings (SSSR count). The summed E-state index contributed by atoms with van der Waals surface area (Å²) in [4.78, 5) is 52.5. The van der Waals surface area contributed by atoms with E-state index in [2.05, 4.69) is 10.6 Å². The van der Waals surface area contributed by atoms with Crippen LogP contribution in [0.1, 0.15) is 52.4 Å². The van der Waals surface area contributed by atoms with Gasteiger partial charge in [0, 0.05) is 39.6 Å². The highest BCUT2D eigenvalue weighted by Crippen LogP contribution is 2.22. The molecule has 182 valence electrons. The molecule has 9 heteroatoms. The van der Waals surface area contributed by atoms with Gasteiger partial charge in [-0.15, -0.1) is 0 Å². The normalized spacial score (nSPS) is 21.4. The van der Waals surface area contributed by atoms with E-state index < -0.39 is 17.9 Å². The number of piperidine rings is 2. The summed E-state index contributed by atoms with van der Waals surface area (Å²) in [6.07, 6.45) is 5.24. The van der Waals surface area contributed by atoms with Crippen molar-refractivity contribution in [2.45, 2.75) is 58.4 Å². The summed E-state index contributed by atoms with van der Waals surface area (Å²) in [5, 5.41) is 6.25. The molecule has 0 aliphatic carbocycles.